The van der Waals surface area contributed by atoms with Crippen molar-refractivity contribution in [3.63, 3.8) is 0 Å². The summed E-state index contributed by atoms with van der Waals surface area (Å²) < 4.78 is 0. The van der Waals surface area contributed by atoms with Gasteiger partial charge in [0.25, 0.3) is 5.91 Å². The Morgan fingerprint density at radius 1 is 1.35 bits per heavy atom. The number of hydrogen-bond donors (Lipinski definition) is 2. The van der Waals surface area contributed by atoms with Gasteiger partial charge in [-0.15, -0.1) is 0 Å². The molecular formula is C17H24N2O. The molecule has 1 aromatic rings. The molecule has 0 heterocycles. The highest BCUT2D eigenvalue weighted by atomic mass is 16.1. The number of carbonyl (C=O) groups is 1. The van der Waals surface area contributed by atoms with Gasteiger partial charge in [-0.3, -0.25) is 4.79 Å². The fourth-order valence-corrected chi connectivity index (χ4v) is 1.64. The van der Waals surface area contributed by atoms with Crippen LogP contribution >= 0.6 is 0 Å². The van der Waals surface area contributed by atoms with Crippen LogP contribution in [-0.4, -0.2) is 18.5 Å². The van der Waals surface area contributed by atoms with Gasteiger partial charge < -0.3 is 11.1 Å². The number of nitrogens with one attached hydrogen (secondary N) is 1. The first-order chi connectivity index (χ1) is 9.24. The molecule has 0 spiro atoms. The maximum atomic E-state index is 12.3. The molecule has 0 bridgehead atoms. The van der Waals surface area contributed by atoms with Crippen molar-refractivity contribution in [1.29, 1.82) is 0 Å². The molecule has 1 aromatic carbocycles. The minimum atomic E-state index is -0.0630. The van der Waals surface area contributed by atoms with E-state index in [9.17, 15) is 4.79 Å². The third kappa shape index (κ3) is 4.71. The second-order valence-electron chi connectivity index (χ2n) is 6.15. The quantitative estimate of drug-likeness (QED) is 0.813. The van der Waals surface area contributed by atoms with Crippen LogP contribution in [0.1, 0.15) is 49.2 Å². The van der Waals surface area contributed by atoms with Gasteiger partial charge in [-0.1, -0.05) is 32.6 Å². The molecule has 0 aromatic heterocycles. The van der Waals surface area contributed by atoms with Crippen molar-refractivity contribution >= 4 is 5.91 Å². The fraction of sp³-hybridized carbons (Fsp3) is 0.471. The predicted molar refractivity (Wildman–Crippen MR) is 83.5 cm³/mol. The fourth-order valence-electron chi connectivity index (χ4n) is 1.64. The molecule has 20 heavy (non-hydrogen) atoms. The average Bonchev–Trinajstić information content (AvgIpc) is 2.34. The van der Waals surface area contributed by atoms with Crippen LogP contribution in [0, 0.1) is 24.2 Å². The van der Waals surface area contributed by atoms with Crippen LogP contribution in [0.4, 0.5) is 0 Å². The molecule has 0 fully saturated rings. The standard InChI is InChI=1S/C17H24N2O/c1-12-9-14(7-6-8-18)11-15(10-12)16(20)19-13(2)17(3,4)5/h9-11,13H,8,18H2,1-5H3,(H,19,20). The molecule has 0 radical (unpaired) electrons. The summed E-state index contributed by atoms with van der Waals surface area (Å²) in [5.41, 5.74) is 7.88. The van der Waals surface area contributed by atoms with Crippen LogP contribution in [0.5, 0.6) is 0 Å². The van der Waals surface area contributed by atoms with Crippen LogP contribution in [0.25, 0.3) is 0 Å². The van der Waals surface area contributed by atoms with Gasteiger partial charge in [0.1, 0.15) is 0 Å². The zero-order chi connectivity index (χ0) is 15.3. The summed E-state index contributed by atoms with van der Waals surface area (Å²) in [7, 11) is 0. The number of amides is 1. The number of hydrogen-bond acceptors (Lipinski definition) is 2. The van der Waals surface area contributed by atoms with Gasteiger partial charge in [-0.25, -0.2) is 0 Å². The van der Waals surface area contributed by atoms with Crippen molar-refractivity contribution in [2.24, 2.45) is 11.1 Å². The molecule has 0 saturated heterocycles. The first-order valence-corrected chi connectivity index (χ1v) is 6.85. The molecule has 3 nitrogen and oxygen atoms in total. The van der Waals surface area contributed by atoms with E-state index in [2.05, 4.69) is 37.9 Å². The lowest BCUT2D eigenvalue weighted by atomic mass is 9.88. The van der Waals surface area contributed by atoms with E-state index in [1.54, 1.807) is 6.07 Å². The summed E-state index contributed by atoms with van der Waals surface area (Å²) >= 11 is 0. The van der Waals surface area contributed by atoms with Gasteiger partial charge in [0.15, 0.2) is 0 Å². The number of benzene rings is 1. The van der Waals surface area contributed by atoms with Gasteiger partial charge in [-0.2, -0.15) is 0 Å². The first-order valence-electron chi connectivity index (χ1n) is 6.85. The van der Waals surface area contributed by atoms with Crippen LogP contribution in [0.3, 0.4) is 0 Å². The summed E-state index contributed by atoms with van der Waals surface area (Å²) in [4.78, 5) is 12.3. The molecule has 1 amide bonds. The number of aryl methyl sites for hydroxylation is 1. The Labute approximate surface area is 121 Å². The molecular weight excluding hydrogens is 248 g/mol. The highest BCUT2D eigenvalue weighted by Gasteiger charge is 2.22. The molecule has 108 valence electrons. The monoisotopic (exact) mass is 272 g/mol. The lowest BCUT2D eigenvalue weighted by molar-refractivity contribution is 0.0910. The van der Waals surface area contributed by atoms with Crippen LogP contribution in [-0.2, 0) is 0 Å². The molecule has 0 saturated carbocycles. The molecule has 0 aliphatic heterocycles. The summed E-state index contributed by atoms with van der Waals surface area (Å²) in [5, 5.41) is 3.03. The smallest absolute Gasteiger partial charge is 0.251 e. The third-order valence-electron chi connectivity index (χ3n) is 3.32. The van der Waals surface area contributed by atoms with E-state index in [4.69, 9.17) is 5.73 Å². The molecule has 0 aliphatic rings. The van der Waals surface area contributed by atoms with E-state index in [0.717, 1.165) is 11.1 Å². The van der Waals surface area contributed by atoms with Crippen molar-refractivity contribution in [3.8, 4) is 11.8 Å². The number of rotatable bonds is 2. The summed E-state index contributed by atoms with van der Waals surface area (Å²) in [6, 6.07) is 5.72. The van der Waals surface area contributed by atoms with Gasteiger partial charge >= 0.3 is 0 Å². The Bertz CT molecular complexity index is 544. The topological polar surface area (TPSA) is 55.1 Å². The highest BCUT2D eigenvalue weighted by molar-refractivity contribution is 5.95. The van der Waals surface area contributed by atoms with Crippen molar-refractivity contribution in [1.82, 2.24) is 5.32 Å². The second-order valence-corrected chi connectivity index (χ2v) is 6.15. The largest absolute Gasteiger partial charge is 0.349 e. The van der Waals surface area contributed by atoms with Crippen LogP contribution in [0.2, 0.25) is 0 Å². The van der Waals surface area contributed by atoms with Crippen LogP contribution < -0.4 is 11.1 Å². The minimum absolute atomic E-state index is 0.0294. The highest BCUT2D eigenvalue weighted by Crippen LogP contribution is 2.19. The van der Waals surface area contributed by atoms with E-state index in [0.29, 0.717) is 12.1 Å². The molecule has 3 N–H and O–H groups in total. The zero-order valence-electron chi connectivity index (χ0n) is 13.0. The molecule has 1 atom stereocenters. The lowest BCUT2D eigenvalue weighted by Gasteiger charge is -2.28. The van der Waals surface area contributed by atoms with Crippen molar-refractivity contribution in [2.45, 2.75) is 40.7 Å². The number of nitrogens with two attached hydrogens (primary N) is 1. The Balaban J connectivity index is 2.96. The summed E-state index contributed by atoms with van der Waals surface area (Å²) in [6.45, 7) is 10.6. The Morgan fingerprint density at radius 2 is 2.00 bits per heavy atom. The van der Waals surface area contributed by atoms with E-state index in [1.165, 1.54) is 0 Å². The van der Waals surface area contributed by atoms with Crippen LogP contribution in [0.15, 0.2) is 18.2 Å². The second kappa shape index (κ2) is 6.58. The predicted octanol–water partition coefficient (Wildman–Crippen LogP) is 2.47. The van der Waals surface area contributed by atoms with Crippen molar-refractivity contribution in [3.05, 3.63) is 34.9 Å². The zero-order valence-corrected chi connectivity index (χ0v) is 13.0. The molecule has 1 rings (SSSR count). The van der Waals surface area contributed by atoms with E-state index < -0.39 is 0 Å². The van der Waals surface area contributed by atoms with Gasteiger partial charge in [-0.05, 0) is 43.0 Å². The Morgan fingerprint density at radius 3 is 2.55 bits per heavy atom. The third-order valence-corrected chi connectivity index (χ3v) is 3.32. The summed E-state index contributed by atoms with van der Waals surface area (Å²) in [6.07, 6.45) is 0. The normalized spacial score (nSPS) is 12.3. The van der Waals surface area contributed by atoms with Crippen molar-refractivity contribution < 1.29 is 4.79 Å². The van der Waals surface area contributed by atoms with E-state index in [-0.39, 0.29) is 17.4 Å². The van der Waals surface area contributed by atoms with Gasteiger partial charge in [0, 0.05) is 17.2 Å². The van der Waals surface area contributed by atoms with E-state index in [1.807, 2.05) is 26.0 Å². The lowest BCUT2D eigenvalue weighted by Crippen LogP contribution is -2.41. The SMILES string of the molecule is Cc1cc(C#CCN)cc(C(=O)NC(C)C(C)(C)C)c1. The minimum Gasteiger partial charge on any atom is -0.349 e. The maximum Gasteiger partial charge on any atom is 0.251 e. The summed E-state index contributed by atoms with van der Waals surface area (Å²) in [5.74, 6) is 5.71. The van der Waals surface area contributed by atoms with Gasteiger partial charge in [0.2, 0.25) is 0 Å². The molecule has 3 heteroatoms. The van der Waals surface area contributed by atoms with Gasteiger partial charge in [0.05, 0.1) is 6.54 Å². The average molecular weight is 272 g/mol. The maximum absolute atomic E-state index is 12.3. The van der Waals surface area contributed by atoms with Crippen molar-refractivity contribution in [2.75, 3.05) is 6.54 Å². The Kier molecular flexibility index (Phi) is 5.35. The molecule has 1 unspecified atom stereocenters. The Hall–Kier alpha value is -1.79. The van der Waals surface area contributed by atoms with E-state index >= 15 is 0 Å². The number of carbonyl (C=O) groups excluding carboxylic acids is 1. The first kappa shape index (κ1) is 16.3. The molecule has 0 aliphatic carbocycles.